The van der Waals surface area contributed by atoms with Crippen LogP contribution in [0.4, 0.5) is 4.79 Å². The van der Waals surface area contributed by atoms with Gasteiger partial charge in [-0.2, -0.15) is 0 Å². The molecule has 0 radical (unpaired) electrons. The molecular formula is C16H19Cl2N3O3. The minimum absolute atomic E-state index is 0.248. The molecule has 4 N–H and O–H groups in total. The van der Waals surface area contributed by atoms with Crippen molar-refractivity contribution in [3.05, 3.63) is 33.8 Å². The molecular weight excluding hydrogens is 353 g/mol. The summed E-state index contributed by atoms with van der Waals surface area (Å²) in [6.07, 6.45) is 0.955. The van der Waals surface area contributed by atoms with E-state index in [0.717, 1.165) is 12.0 Å². The summed E-state index contributed by atoms with van der Waals surface area (Å²) in [6.45, 7) is 1.08. The van der Waals surface area contributed by atoms with Gasteiger partial charge in [-0.15, -0.1) is 0 Å². The van der Waals surface area contributed by atoms with E-state index < -0.39 is 11.8 Å². The van der Waals surface area contributed by atoms with Gasteiger partial charge in [-0.1, -0.05) is 35.3 Å². The molecule has 1 heterocycles. The largest absolute Gasteiger partial charge is 0.378 e. The second-order valence-corrected chi connectivity index (χ2v) is 7.04. The zero-order chi connectivity index (χ0) is 17.3. The third-order valence-corrected chi connectivity index (χ3v) is 5.42. The normalized spacial score (nSPS) is 28.4. The summed E-state index contributed by atoms with van der Waals surface area (Å²) in [4.78, 5) is 23.3. The number of nitrogens with one attached hydrogen (secondary N) is 2. The SMILES string of the molecule is NC(=O)[C@@H]1COC[C@@H]1NC(=O)NC[C@@H]1C[C@H]1c1cccc(Cl)c1Cl. The van der Waals surface area contributed by atoms with Crippen LogP contribution in [0.5, 0.6) is 0 Å². The Balaban J connectivity index is 1.46. The Kier molecular flexibility index (Phi) is 5.18. The molecule has 130 valence electrons. The standard InChI is InChI=1S/C16H19Cl2N3O3/c17-12-3-1-2-9(14(12)18)10-4-8(10)5-20-16(23)21-13-7-24-6-11(13)15(19)22/h1-3,8,10-11,13H,4-7H2,(H2,19,22)(H2,20,21,23)/t8-,10+,11+,13-/m0/s1. The zero-order valence-corrected chi connectivity index (χ0v) is 14.4. The molecule has 24 heavy (non-hydrogen) atoms. The van der Waals surface area contributed by atoms with Crippen LogP contribution in [0, 0.1) is 11.8 Å². The fraction of sp³-hybridized carbons (Fsp3) is 0.500. The van der Waals surface area contributed by atoms with E-state index in [2.05, 4.69) is 10.6 Å². The van der Waals surface area contributed by atoms with Gasteiger partial charge in [0, 0.05) is 6.54 Å². The van der Waals surface area contributed by atoms with Crippen molar-refractivity contribution in [1.82, 2.24) is 10.6 Å². The second-order valence-electron chi connectivity index (χ2n) is 6.25. The lowest BCUT2D eigenvalue weighted by molar-refractivity contribution is -0.122. The zero-order valence-electron chi connectivity index (χ0n) is 12.9. The van der Waals surface area contributed by atoms with Crippen LogP contribution in [-0.4, -0.2) is 37.7 Å². The van der Waals surface area contributed by atoms with Crippen molar-refractivity contribution in [3.63, 3.8) is 0 Å². The van der Waals surface area contributed by atoms with Crippen molar-refractivity contribution >= 4 is 35.1 Å². The molecule has 0 unspecified atom stereocenters. The van der Waals surface area contributed by atoms with Gasteiger partial charge in [0.1, 0.15) is 0 Å². The molecule has 0 spiro atoms. The monoisotopic (exact) mass is 371 g/mol. The molecule has 2 fully saturated rings. The third-order valence-electron chi connectivity index (χ3n) is 4.59. The van der Waals surface area contributed by atoms with Crippen molar-refractivity contribution in [2.45, 2.75) is 18.4 Å². The summed E-state index contributed by atoms with van der Waals surface area (Å²) >= 11 is 12.3. The van der Waals surface area contributed by atoms with Gasteiger partial charge in [0.05, 0.1) is 35.2 Å². The number of rotatable bonds is 5. The van der Waals surface area contributed by atoms with Crippen molar-refractivity contribution < 1.29 is 14.3 Å². The first-order chi connectivity index (χ1) is 11.5. The lowest BCUT2D eigenvalue weighted by atomic mass is 10.0. The van der Waals surface area contributed by atoms with Gasteiger partial charge in [-0.3, -0.25) is 4.79 Å². The van der Waals surface area contributed by atoms with Crippen LogP contribution in [0.2, 0.25) is 10.0 Å². The Morgan fingerprint density at radius 3 is 2.83 bits per heavy atom. The topological polar surface area (TPSA) is 93.5 Å². The van der Waals surface area contributed by atoms with Crippen molar-refractivity contribution in [2.75, 3.05) is 19.8 Å². The van der Waals surface area contributed by atoms with E-state index in [1.54, 1.807) is 6.07 Å². The molecule has 0 bridgehead atoms. The van der Waals surface area contributed by atoms with E-state index in [4.69, 9.17) is 33.7 Å². The number of nitrogens with two attached hydrogens (primary N) is 1. The molecule has 0 aromatic heterocycles. The molecule has 1 saturated heterocycles. The van der Waals surface area contributed by atoms with E-state index in [1.165, 1.54) is 0 Å². The summed E-state index contributed by atoms with van der Waals surface area (Å²) < 4.78 is 5.20. The molecule has 3 amide bonds. The van der Waals surface area contributed by atoms with E-state index in [-0.39, 0.29) is 18.7 Å². The average molecular weight is 372 g/mol. The number of benzene rings is 1. The van der Waals surface area contributed by atoms with Crippen LogP contribution in [0.3, 0.4) is 0 Å². The number of carbonyl (C=O) groups excluding carboxylic acids is 2. The van der Waals surface area contributed by atoms with E-state index in [0.29, 0.717) is 35.0 Å². The Hall–Kier alpha value is -1.50. The lowest BCUT2D eigenvalue weighted by Gasteiger charge is -2.16. The Morgan fingerprint density at radius 2 is 2.08 bits per heavy atom. The summed E-state index contributed by atoms with van der Waals surface area (Å²) in [5.41, 5.74) is 6.31. The maximum absolute atomic E-state index is 12.0. The summed E-state index contributed by atoms with van der Waals surface area (Å²) in [6, 6.07) is 4.91. The number of ether oxygens (including phenoxy) is 1. The highest BCUT2D eigenvalue weighted by Crippen LogP contribution is 2.50. The van der Waals surface area contributed by atoms with Crippen LogP contribution in [0.25, 0.3) is 0 Å². The smallest absolute Gasteiger partial charge is 0.315 e. The number of hydrogen-bond acceptors (Lipinski definition) is 3. The van der Waals surface area contributed by atoms with Crippen LogP contribution >= 0.6 is 23.2 Å². The first-order valence-electron chi connectivity index (χ1n) is 7.82. The first kappa shape index (κ1) is 17.3. The fourth-order valence-corrected chi connectivity index (χ4v) is 3.53. The minimum Gasteiger partial charge on any atom is -0.378 e. The molecule has 4 atom stereocenters. The van der Waals surface area contributed by atoms with Crippen molar-refractivity contribution in [1.29, 1.82) is 0 Å². The quantitative estimate of drug-likeness (QED) is 0.737. The maximum Gasteiger partial charge on any atom is 0.315 e. The maximum atomic E-state index is 12.0. The summed E-state index contributed by atoms with van der Waals surface area (Å²) in [7, 11) is 0. The third kappa shape index (κ3) is 3.77. The van der Waals surface area contributed by atoms with Crippen molar-refractivity contribution in [3.8, 4) is 0 Å². The van der Waals surface area contributed by atoms with Gasteiger partial charge in [-0.25, -0.2) is 4.79 Å². The van der Waals surface area contributed by atoms with Gasteiger partial charge >= 0.3 is 6.03 Å². The molecule has 3 rings (SSSR count). The highest BCUT2D eigenvalue weighted by Gasteiger charge is 2.40. The Labute approximate surface area is 150 Å². The van der Waals surface area contributed by atoms with Crippen LogP contribution < -0.4 is 16.4 Å². The van der Waals surface area contributed by atoms with Crippen LogP contribution in [0.1, 0.15) is 17.9 Å². The number of urea groups is 1. The number of carbonyl (C=O) groups is 2. The number of amides is 3. The molecule has 8 heteroatoms. The van der Waals surface area contributed by atoms with E-state index >= 15 is 0 Å². The first-order valence-corrected chi connectivity index (χ1v) is 8.58. The minimum atomic E-state index is -0.477. The predicted molar refractivity (Wildman–Crippen MR) is 91.1 cm³/mol. The van der Waals surface area contributed by atoms with Gasteiger partial charge in [0.25, 0.3) is 0 Å². The number of primary amides is 1. The van der Waals surface area contributed by atoms with Crippen LogP contribution in [-0.2, 0) is 9.53 Å². The molecule has 1 saturated carbocycles. The van der Waals surface area contributed by atoms with E-state index in [1.807, 2.05) is 12.1 Å². The summed E-state index contributed by atoms with van der Waals surface area (Å²) in [5, 5.41) is 6.71. The lowest BCUT2D eigenvalue weighted by Crippen LogP contribution is -2.48. The Bertz CT molecular complexity index is 655. The average Bonchev–Trinajstić information content (AvgIpc) is 3.16. The van der Waals surface area contributed by atoms with Gasteiger partial charge in [-0.05, 0) is 29.9 Å². The molecule has 2 aliphatic rings. The highest BCUT2D eigenvalue weighted by atomic mass is 35.5. The Morgan fingerprint density at radius 1 is 1.29 bits per heavy atom. The van der Waals surface area contributed by atoms with E-state index in [9.17, 15) is 9.59 Å². The van der Waals surface area contributed by atoms with Gasteiger partial charge < -0.3 is 21.1 Å². The van der Waals surface area contributed by atoms with Gasteiger partial charge in [0.2, 0.25) is 5.91 Å². The van der Waals surface area contributed by atoms with Gasteiger partial charge in [0.15, 0.2) is 0 Å². The number of hydrogen-bond donors (Lipinski definition) is 3. The molecule has 1 aliphatic heterocycles. The second kappa shape index (κ2) is 7.17. The fourth-order valence-electron chi connectivity index (χ4n) is 3.08. The highest BCUT2D eigenvalue weighted by molar-refractivity contribution is 6.42. The van der Waals surface area contributed by atoms with Crippen LogP contribution in [0.15, 0.2) is 18.2 Å². The number of halogens is 2. The summed E-state index contributed by atoms with van der Waals surface area (Å²) in [5.74, 6) is -0.298. The molecule has 1 aromatic carbocycles. The molecule has 6 nitrogen and oxygen atoms in total. The van der Waals surface area contributed by atoms with Crippen molar-refractivity contribution in [2.24, 2.45) is 17.6 Å². The molecule has 1 aromatic rings. The molecule has 1 aliphatic carbocycles. The predicted octanol–water partition coefficient (Wildman–Crippen LogP) is 1.90.